The summed E-state index contributed by atoms with van der Waals surface area (Å²) < 4.78 is 32.5. The molecule has 0 spiro atoms. The van der Waals surface area contributed by atoms with Gasteiger partial charge < -0.3 is 9.84 Å². The summed E-state index contributed by atoms with van der Waals surface area (Å²) in [5.41, 5.74) is 2.00. The summed E-state index contributed by atoms with van der Waals surface area (Å²) in [7, 11) is -3.93. The molecule has 0 aromatic heterocycles. The molecule has 0 aliphatic rings. The Morgan fingerprint density at radius 1 is 0.780 bits per heavy atom. The van der Waals surface area contributed by atoms with E-state index in [0.717, 1.165) is 18.4 Å². The van der Waals surface area contributed by atoms with Gasteiger partial charge in [0.15, 0.2) is 0 Å². The number of allylic oxidation sites excluding steroid dienone is 18. The van der Waals surface area contributed by atoms with Crippen molar-refractivity contribution in [3.63, 3.8) is 0 Å². The van der Waals surface area contributed by atoms with Gasteiger partial charge in [-0.15, -0.1) is 6.58 Å². The maximum atomic E-state index is 13.3. The standard InChI is InChI=1S/C36H46O4S/c1-11-19-20-22-29(13-3)36(9,10)30(14-4)23-25-32(16-6)40-33(17-7)26-28-34(18-8)41(38,39)35(21-12-2)27-24-31(37)15-5/h12,14-20,22-28,37H,2,4-8,11,13,21H2,1,3,9-10H3/b20-19-,29-22+,30-23+,31-24+,32-25+,33-26+,34-28+,35-27+. The zero-order valence-corrected chi connectivity index (χ0v) is 25.9. The van der Waals surface area contributed by atoms with Crippen LogP contribution in [0.25, 0.3) is 0 Å². The number of rotatable bonds is 19. The Kier molecular flexibility index (Phi) is 17.2. The third kappa shape index (κ3) is 11.9. The molecule has 5 heteroatoms. The molecule has 0 rings (SSSR count). The predicted molar refractivity (Wildman–Crippen MR) is 179 cm³/mol. The molecule has 1 N–H and O–H groups in total. The first kappa shape index (κ1) is 36.9. The molecule has 4 nitrogen and oxygen atoms in total. The van der Waals surface area contributed by atoms with Gasteiger partial charge in [0.25, 0.3) is 0 Å². The molecular weight excluding hydrogens is 528 g/mol. The summed E-state index contributed by atoms with van der Waals surface area (Å²) in [5.74, 6) is 0.577. The van der Waals surface area contributed by atoms with Gasteiger partial charge in [-0.2, -0.15) is 0 Å². The van der Waals surface area contributed by atoms with Gasteiger partial charge >= 0.3 is 0 Å². The third-order valence-corrected chi connectivity index (χ3v) is 8.04. The average Bonchev–Trinajstić information content (AvgIpc) is 2.95. The molecular formula is C36H46O4S. The lowest BCUT2D eigenvalue weighted by Crippen LogP contribution is -2.16. The average molecular weight is 575 g/mol. The Balaban J connectivity index is 6.47. The molecule has 0 aliphatic heterocycles. The second-order valence-electron chi connectivity index (χ2n) is 9.18. The van der Waals surface area contributed by atoms with Crippen LogP contribution in [0.2, 0.25) is 0 Å². The zero-order valence-electron chi connectivity index (χ0n) is 25.1. The molecule has 0 radical (unpaired) electrons. The second-order valence-corrected chi connectivity index (χ2v) is 11.2. The maximum Gasteiger partial charge on any atom is 0.203 e. The van der Waals surface area contributed by atoms with E-state index in [4.69, 9.17) is 4.74 Å². The summed E-state index contributed by atoms with van der Waals surface area (Å²) in [6.45, 7) is 30.9. The quantitative estimate of drug-likeness (QED) is 0.0947. The minimum absolute atomic E-state index is 0.0311. The van der Waals surface area contributed by atoms with E-state index in [1.165, 1.54) is 54.2 Å². The molecule has 0 atom stereocenters. The molecule has 0 fully saturated rings. The molecule has 0 unspecified atom stereocenters. The highest BCUT2D eigenvalue weighted by atomic mass is 32.2. The van der Waals surface area contributed by atoms with E-state index in [1.807, 2.05) is 12.2 Å². The van der Waals surface area contributed by atoms with Gasteiger partial charge in [0.05, 0.1) is 9.81 Å². The van der Waals surface area contributed by atoms with Crippen molar-refractivity contribution in [2.75, 3.05) is 0 Å². The predicted octanol–water partition coefficient (Wildman–Crippen LogP) is 10.2. The number of aliphatic hydroxyl groups is 1. The summed E-state index contributed by atoms with van der Waals surface area (Å²) in [6, 6.07) is 0. The highest BCUT2D eigenvalue weighted by Crippen LogP contribution is 2.37. The number of aliphatic hydroxyl groups excluding tert-OH is 1. The summed E-state index contributed by atoms with van der Waals surface area (Å²) in [6.07, 6.45) is 26.2. The van der Waals surface area contributed by atoms with Crippen LogP contribution in [0.4, 0.5) is 0 Å². The van der Waals surface area contributed by atoms with Gasteiger partial charge in [-0.05, 0) is 67.0 Å². The maximum absolute atomic E-state index is 13.3. The Morgan fingerprint density at radius 2 is 1.39 bits per heavy atom. The van der Waals surface area contributed by atoms with Crippen LogP contribution in [0.15, 0.2) is 169 Å². The molecule has 0 aliphatic carbocycles. The SMILES string of the molecule is C=CC/C(=C\C=C(\O)C=C)S(=O)(=O)/C(C=C)=C/C=C(\C=C)O/C(C=C)=C/C=C(\C=C)C(C)(C)/C(=C/C=C\CC)CC. The smallest absolute Gasteiger partial charge is 0.203 e. The van der Waals surface area contributed by atoms with Crippen LogP contribution in [0.3, 0.4) is 0 Å². The van der Waals surface area contributed by atoms with Crippen molar-refractivity contribution >= 4 is 9.84 Å². The van der Waals surface area contributed by atoms with E-state index in [9.17, 15) is 13.5 Å². The highest BCUT2D eigenvalue weighted by molar-refractivity contribution is 7.99. The second kappa shape index (κ2) is 19.1. The fourth-order valence-corrected chi connectivity index (χ4v) is 4.99. The monoisotopic (exact) mass is 574 g/mol. The lowest BCUT2D eigenvalue weighted by atomic mass is 9.75. The van der Waals surface area contributed by atoms with E-state index in [2.05, 4.69) is 85.4 Å². The van der Waals surface area contributed by atoms with Crippen LogP contribution in [-0.4, -0.2) is 13.5 Å². The first-order chi connectivity index (χ1) is 19.4. The Bertz CT molecular complexity index is 1330. The van der Waals surface area contributed by atoms with E-state index >= 15 is 0 Å². The normalized spacial score (nSPS) is 15.0. The van der Waals surface area contributed by atoms with Crippen molar-refractivity contribution in [1.82, 2.24) is 0 Å². The topological polar surface area (TPSA) is 63.6 Å². The van der Waals surface area contributed by atoms with Gasteiger partial charge in [-0.1, -0.05) is 109 Å². The van der Waals surface area contributed by atoms with Gasteiger partial charge in [-0.3, -0.25) is 0 Å². The molecule has 0 heterocycles. The lowest BCUT2D eigenvalue weighted by Gasteiger charge is -2.29. The highest BCUT2D eigenvalue weighted by Gasteiger charge is 2.24. The van der Waals surface area contributed by atoms with E-state index in [1.54, 1.807) is 12.2 Å². The fraction of sp³-hybridized carbons (Fsp3) is 0.222. The molecule has 0 amide bonds. The molecule has 0 aromatic carbocycles. The molecule has 0 aromatic rings. The van der Waals surface area contributed by atoms with Gasteiger partial charge in [0.1, 0.15) is 17.3 Å². The number of hydrogen-bond donors (Lipinski definition) is 1. The van der Waals surface area contributed by atoms with E-state index in [0.29, 0.717) is 11.5 Å². The summed E-state index contributed by atoms with van der Waals surface area (Å²) in [5, 5.41) is 9.65. The minimum Gasteiger partial charge on any atom is -0.508 e. The summed E-state index contributed by atoms with van der Waals surface area (Å²) in [4.78, 5) is -0.0284. The first-order valence-corrected chi connectivity index (χ1v) is 14.9. The Morgan fingerprint density at radius 3 is 1.85 bits per heavy atom. The van der Waals surface area contributed by atoms with Crippen LogP contribution in [0, 0.1) is 5.41 Å². The molecule has 0 saturated heterocycles. The van der Waals surface area contributed by atoms with Crippen molar-refractivity contribution in [2.45, 2.75) is 47.0 Å². The Labute approximate surface area is 248 Å². The largest absolute Gasteiger partial charge is 0.508 e. The fourth-order valence-electron chi connectivity index (χ4n) is 3.64. The molecule has 0 saturated carbocycles. The van der Waals surface area contributed by atoms with Crippen LogP contribution >= 0.6 is 0 Å². The molecule has 41 heavy (non-hydrogen) atoms. The Hall–Kier alpha value is -4.09. The molecule has 0 bridgehead atoms. The molecule has 220 valence electrons. The third-order valence-electron chi connectivity index (χ3n) is 6.12. The van der Waals surface area contributed by atoms with Crippen molar-refractivity contribution in [2.24, 2.45) is 5.41 Å². The summed E-state index contributed by atoms with van der Waals surface area (Å²) >= 11 is 0. The number of sulfone groups is 1. The van der Waals surface area contributed by atoms with Gasteiger partial charge in [0, 0.05) is 11.8 Å². The van der Waals surface area contributed by atoms with Crippen LogP contribution in [-0.2, 0) is 14.6 Å². The van der Waals surface area contributed by atoms with E-state index in [-0.39, 0.29) is 27.4 Å². The van der Waals surface area contributed by atoms with Crippen molar-refractivity contribution in [3.8, 4) is 0 Å². The van der Waals surface area contributed by atoms with Crippen LogP contribution in [0.5, 0.6) is 0 Å². The van der Waals surface area contributed by atoms with Gasteiger partial charge in [-0.25, -0.2) is 8.42 Å². The van der Waals surface area contributed by atoms with Crippen LogP contribution in [0.1, 0.15) is 47.0 Å². The minimum atomic E-state index is -3.93. The lowest BCUT2D eigenvalue weighted by molar-refractivity contribution is 0.336. The number of ether oxygens (including phenoxy) is 1. The number of hydrogen-bond acceptors (Lipinski definition) is 4. The zero-order chi connectivity index (χ0) is 31.5. The van der Waals surface area contributed by atoms with E-state index < -0.39 is 9.84 Å². The first-order valence-electron chi connectivity index (χ1n) is 13.4. The van der Waals surface area contributed by atoms with Crippen molar-refractivity contribution in [1.29, 1.82) is 0 Å². The van der Waals surface area contributed by atoms with Gasteiger partial charge in [0.2, 0.25) is 9.84 Å². The van der Waals surface area contributed by atoms with Crippen molar-refractivity contribution < 1.29 is 18.3 Å². The van der Waals surface area contributed by atoms with Crippen molar-refractivity contribution in [3.05, 3.63) is 169 Å². The van der Waals surface area contributed by atoms with Crippen LogP contribution < -0.4 is 0 Å².